The minimum Gasteiger partial charge on any atom is -0.306 e. The molecule has 0 bridgehead atoms. The third kappa shape index (κ3) is 4.07. The van der Waals surface area contributed by atoms with Gasteiger partial charge in [-0.2, -0.15) is 4.80 Å². The van der Waals surface area contributed by atoms with Crippen LogP contribution < -0.4 is 4.90 Å². The van der Waals surface area contributed by atoms with Crippen LogP contribution in [0.25, 0.3) is 0 Å². The Kier molecular flexibility index (Phi) is 5.92. The summed E-state index contributed by atoms with van der Waals surface area (Å²) in [6.45, 7) is 7.16. The second-order valence-corrected chi connectivity index (χ2v) is 6.73. The van der Waals surface area contributed by atoms with Gasteiger partial charge in [-0.05, 0) is 29.7 Å². The smallest absolute Gasteiger partial charge is 0.227 e. The fourth-order valence-corrected chi connectivity index (χ4v) is 3.64. The highest BCUT2D eigenvalue weighted by molar-refractivity contribution is 5.94. The molecule has 0 radical (unpaired) electrons. The van der Waals surface area contributed by atoms with Gasteiger partial charge in [0, 0.05) is 32.1 Å². The SMILES string of the molecule is CCC(=O)N(c1ccccc1F)[C@H]1CCN(CCn2ncnn2)C[C@H]1C. The van der Waals surface area contributed by atoms with Gasteiger partial charge in [-0.3, -0.25) is 4.79 Å². The zero-order chi connectivity index (χ0) is 18.5. The number of nitrogens with zero attached hydrogens (tertiary/aromatic N) is 6. The lowest BCUT2D eigenvalue weighted by Crippen LogP contribution is -2.53. The maximum Gasteiger partial charge on any atom is 0.227 e. The molecule has 1 aliphatic heterocycles. The summed E-state index contributed by atoms with van der Waals surface area (Å²) in [6, 6.07) is 6.53. The van der Waals surface area contributed by atoms with Crippen molar-refractivity contribution < 1.29 is 9.18 Å². The molecular formula is C18H25FN6O. The van der Waals surface area contributed by atoms with Gasteiger partial charge in [0.05, 0.1) is 12.2 Å². The van der Waals surface area contributed by atoms with E-state index >= 15 is 0 Å². The molecule has 0 spiro atoms. The zero-order valence-electron chi connectivity index (χ0n) is 15.3. The van der Waals surface area contributed by atoms with Crippen molar-refractivity contribution in [2.45, 2.75) is 39.3 Å². The fraction of sp³-hybridized carbons (Fsp3) is 0.556. The lowest BCUT2D eigenvalue weighted by atomic mass is 9.91. The van der Waals surface area contributed by atoms with E-state index in [0.717, 1.165) is 26.1 Å². The first-order chi connectivity index (χ1) is 12.6. The summed E-state index contributed by atoms with van der Waals surface area (Å²) in [5.74, 6) is -0.143. The molecule has 1 amide bonds. The van der Waals surface area contributed by atoms with Gasteiger partial charge in [0.25, 0.3) is 0 Å². The number of amides is 1. The van der Waals surface area contributed by atoms with E-state index in [2.05, 4.69) is 27.2 Å². The lowest BCUT2D eigenvalue weighted by molar-refractivity contribution is -0.119. The largest absolute Gasteiger partial charge is 0.306 e. The Labute approximate surface area is 152 Å². The highest BCUT2D eigenvalue weighted by Crippen LogP contribution is 2.29. The molecule has 0 unspecified atom stereocenters. The Balaban J connectivity index is 1.69. The molecule has 26 heavy (non-hydrogen) atoms. The number of aromatic nitrogens is 4. The summed E-state index contributed by atoms with van der Waals surface area (Å²) < 4.78 is 14.3. The molecule has 2 aromatic rings. The molecule has 0 N–H and O–H groups in total. The third-order valence-electron chi connectivity index (χ3n) is 4.97. The van der Waals surface area contributed by atoms with Crippen molar-refractivity contribution in [3.8, 4) is 0 Å². The van der Waals surface area contributed by atoms with Gasteiger partial charge in [0.1, 0.15) is 5.82 Å². The predicted octanol–water partition coefficient (Wildman–Crippen LogP) is 1.97. The van der Waals surface area contributed by atoms with E-state index < -0.39 is 0 Å². The number of tetrazole rings is 1. The Morgan fingerprint density at radius 2 is 2.15 bits per heavy atom. The Hall–Kier alpha value is -2.35. The van der Waals surface area contributed by atoms with Crippen LogP contribution in [0.2, 0.25) is 0 Å². The van der Waals surface area contributed by atoms with Crippen LogP contribution in [0.5, 0.6) is 0 Å². The van der Waals surface area contributed by atoms with Crippen LogP contribution in [0.4, 0.5) is 10.1 Å². The van der Waals surface area contributed by atoms with E-state index in [1.807, 2.05) is 6.92 Å². The van der Waals surface area contributed by atoms with Gasteiger partial charge in [0.15, 0.2) is 6.33 Å². The Morgan fingerprint density at radius 1 is 1.35 bits per heavy atom. The van der Waals surface area contributed by atoms with Crippen LogP contribution >= 0.6 is 0 Å². The maximum atomic E-state index is 14.3. The summed E-state index contributed by atoms with van der Waals surface area (Å²) in [6.07, 6.45) is 2.60. The zero-order valence-corrected chi connectivity index (χ0v) is 15.3. The summed E-state index contributed by atoms with van der Waals surface area (Å²) in [5, 5.41) is 11.6. The summed E-state index contributed by atoms with van der Waals surface area (Å²) in [7, 11) is 0. The number of hydrogen-bond acceptors (Lipinski definition) is 5. The quantitative estimate of drug-likeness (QED) is 0.788. The van der Waals surface area contributed by atoms with Gasteiger partial charge >= 0.3 is 0 Å². The molecule has 7 nitrogen and oxygen atoms in total. The highest BCUT2D eigenvalue weighted by Gasteiger charge is 2.34. The number of likely N-dealkylation sites (tertiary alicyclic amines) is 1. The number of anilines is 1. The number of piperidine rings is 1. The van der Waals surface area contributed by atoms with E-state index in [1.165, 1.54) is 12.4 Å². The number of carbonyl (C=O) groups is 1. The molecule has 8 heteroatoms. The highest BCUT2D eigenvalue weighted by atomic mass is 19.1. The topological polar surface area (TPSA) is 67.2 Å². The minimum atomic E-state index is -0.346. The molecule has 1 saturated heterocycles. The number of para-hydroxylation sites is 1. The summed E-state index contributed by atoms with van der Waals surface area (Å²) in [4.78, 5) is 18.2. The number of carbonyl (C=O) groups excluding carboxylic acids is 1. The second-order valence-electron chi connectivity index (χ2n) is 6.73. The molecule has 1 aliphatic rings. The van der Waals surface area contributed by atoms with Gasteiger partial charge in [-0.25, -0.2) is 4.39 Å². The van der Waals surface area contributed by atoms with E-state index in [9.17, 15) is 9.18 Å². The molecule has 2 atom stereocenters. The number of halogens is 1. The van der Waals surface area contributed by atoms with Crippen LogP contribution in [0.1, 0.15) is 26.7 Å². The molecule has 0 saturated carbocycles. The molecule has 0 aliphatic carbocycles. The molecule has 3 rings (SSSR count). The van der Waals surface area contributed by atoms with Gasteiger partial charge in [0.2, 0.25) is 5.91 Å². The number of hydrogen-bond donors (Lipinski definition) is 0. The van der Waals surface area contributed by atoms with E-state index in [-0.39, 0.29) is 23.7 Å². The van der Waals surface area contributed by atoms with Crippen molar-refractivity contribution in [3.05, 3.63) is 36.4 Å². The molecule has 1 aromatic heterocycles. The van der Waals surface area contributed by atoms with Crippen LogP contribution in [0.15, 0.2) is 30.6 Å². The standard InChI is InChI=1S/C18H25FN6O/c1-3-18(26)25(17-7-5-4-6-15(17)19)16-8-9-23(12-14(16)2)10-11-24-21-13-20-22-24/h4-7,13-14,16H,3,8-12H2,1-2H3/t14-,16+/m1/s1. The van der Waals surface area contributed by atoms with Crippen molar-refractivity contribution in [1.82, 2.24) is 25.1 Å². The van der Waals surface area contributed by atoms with E-state index in [1.54, 1.807) is 27.9 Å². The number of benzene rings is 1. The van der Waals surface area contributed by atoms with Gasteiger partial charge in [-0.1, -0.05) is 26.0 Å². The number of rotatable bonds is 6. The van der Waals surface area contributed by atoms with Gasteiger partial charge < -0.3 is 9.80 Å². The van der Waals surface area contributed by atoms with Gasteiger partial charge in [-0.15, -0.1) is 10.2 Å². The van der Waals surface area contributed by atoms with Crippen molar-refractivity contribution in [1.29, 1.82) is 0 Å². The summed E-state index contributed by atoms with van der Waals surface area (Å²) in [5.41, 5.74) is 0.386. The van der Waals surface area contributed by atoms with Crippen molar-refractivity contribution in [3.63, 3.8) is 0 Å². The average Bonchev–Trinajstić information content (AvgIpc) is 3.16. The van der Waals surface area contributed by atoms with Crippen molar-refractivity contribution in [2.24, 2.45) is 5.92 Å². The van der Waals surface area contributed by atoms with E-state index in [4.69, 9.17) is 0 Å². The first kappa shape index (κ1) is 18.4. The molecular weight excluding hydrogens is 335 g/mol. The molecule has 1 aromatic carbocycles. The summed E-state index contributed by atoms with van der Waals surface area (Å²) >= 11 is 0. The van der Waals surface area contributed by atoms with Crippen molar-refractivity contribution in [2.75, 3.05) is 24.5 Å². The van der Waals surface area contributed by atoms with Crippen molar-refractivity contribution >= 4 is 11.6 Å². The van der Waals surface area contributed by atoms with Crippen LogP contribution in [-0.2, 0) is 11.3 Å². The maximum absolute atomic E-state index is 14.3. The Bertz CT molecular complexity index is 722. The third-order valence-corrected chi connectivity index (χ3v) is 4.97. The minimum absolute atomic E-state index is 0.0000880. The monoisotopic (exact) mass is 360 g/mol. The Morgan fingerprint density at radius 3 is 2.81 bits per heavy atom. The molecule has 2 heterocycles. The van der Waals surface area contributed by atoms with E-state index in [0.29, 0.717) is 18.7 Å². The van der Waals surface area contributed by atoms with Crippen LogP contribution in [0.3, 0.4) is 0 Å². The fourth-order valence-electron chi connectivity index (χ4n) is 3.64. The molecule has 1 fully saturated rings. The normalized spacial score (nSPS) is 20.9. The van der Waals surface area contributed by atoms with Crippen LogP contribution in [0, 0.1) is 11.7 Å². The lowest BCUT2D eigenvalue weighted by Gasteiger charge is -2.42. The predicted molar refractivity (Wildman–Crippen MR) is 96.0 cm³/mol. The first-order valence-corrected chi connectivity index (χ1v) is 9.10. The van der Waals surface area contributed by atoms with Crippen LogP contribution in [-0.4, -0.2) is 56.7 Å². The second kappa shape index (κ2) is 8.35. The first-order valence-electron chi connectivity index (χ1n) is 9.10. The average molecular weight is 360 g/mol. The molecule has 140 valence electrons.